The van der Waals surface area contributed by atoms with Crippen molar-refractivity contribution < 1.29 is 19.1 Å². The number of hydrogen-bond acceptors (Lipinski definition) is 5. The van der Waals surface area contributed by atoms with Crippen molar-refractivity contribution in [2.24, 2.45) is 0 Å². The molecule has 0 bridgehead atoms. The van der Waals surface area contributed by atoms with Crippen molar-refractivity contribution >= 4 is 17.5 Å². The van der Waals surface area contributed by atoms with Gasteiger partial charge in [-0.15, -0.1) is 0 Å². The van der Waals surface area contributed by atoms with Gasteiger partial charge in [-0.05, 0) is 36.2 Å². The predicted octanol–water partition coefficient (Wildman–Crippen LogP) is 1.40. The Morgan fingerprint density at radius 3 is 2.38 bits per heavy atom. The molecule has 0 saturated carbocycles. The molecule has 2 rings (SSSR count). The number of anilines is 1. The van der Waals surface area contributed by atoms with Crippen LogP contribution in [0.15, 0.2) is 42.7 Å². The topological polar surface area (TPSA) is 89.5 Å². The number of nitrogens with zero attached hydrogens (tertiary/aromatic N) is 1. The minimum Gasteiger partial charge on any atom is -0.493 e. The summed E-state index contributed by atoms with van der Waals surface area (Å²) in [6.07, 6.45) is 3.63. The summed E-state index contributed by atoms with van der Waals surface area (Å²) in [5.41, 5.74) is 1.48. The lowest BCUT2D eigenvalue weighted by Gasteiger charge is -2.10. The highest BCUT2D eigenvalue weighted by Crippen LogP contribution is 2.27. The summed E-state index contributed by atoms with van der Waals surface area (Å²) in [6.45, 7) is 0.331. The molecule has 24 heavy (non-hydrogen) atoms. The van der Waals surface area contributed by atoms with Gasteiger partial charge in [-0.25, -0.2) is 0 Å². The van der Waals surface area contributed by atoms with Gasteiger partial charge in [-0.3, -0.25) is 14.6 Å². The van der Waals surface area contributed by atoms with E-state index in [1.54, 1.807) is 32.4 Å². The number of carbonyl (C=O) groups excluding carboxylic acids is 2. The van der Waals surface area contributed by atoms with E-state index in [0.29, 0.717) is 30.2 Å². The summed E-state index contributed by atoms with van der Waals surface area (Å²) in [5, 5.41) is 5.07. The number of nitrogens with one attached hydrogen (secondary N) is 2. The summed E-state index contributed by atoms with van der Waals surface area (Å²) in [4.78, 5) is 27.4. The second-order valence-electron chi connectivity index (χ2n) is 4.89. The number of carbonyl (C=O) groups is 2. The molecular weight excluding hydrogens is 310 g/mol. The Labute approximate surface area is 140 Å². The average Bonchev–Trinajstić information content (AvgIpc) is 2.62. The maximum atomic E-state index is 11.8. The first-order valence-electron chi connectivity index (χ1n) is 7.34. The van der Waals surface area contributed by atoms with E-state index in [-0.39, 0.29) is 0 Å². The molecule has 7 nitrogen and oxygen atoms in total. The second-order valence-corrected chi connectivity index (χ2v) is 4.89. The van der Waals surface area contributed by atoms with Crippen molar-refractivity contribution in [3.05, 3.63) is 48.3 Å². The lowest BCUT2D eigenvalue weighted by Crippen LogP contribution is -2.36. The van der Waals surface area contributed by atoms with E-state index in [1.807, 2.05) is 12.1 Å². The molecule has 1 heterocycles. The van der Waals surface area contributed by atoms with Crippen LogP contribution in [-0.2, 0) is 16.0 Å². The molecule has 1 aromatic carbocycles. The van der Waals surface area contributed by atoms with Crippen molar-refractivity contribution in [3.63, 3.8) is 0 Å². The maximum absolute atomic E-state index is 11.8. The Hall–Kier alpha value is -3.09. The molecule has 2 N–H and O–H groups in total. The van der Waals surface area contributed by atoms with Gasteiger partial charge in [0.15, 0.2) is 11.5 Å². The van der Waals surface area contributed by atoms with E-state index in [4.69, 9.17) is 9.47 Å². The van der Waals surface area contributed by atoms with Crippen molar-refractivity contribution in [1.82, 2.24) is 10.3 Å². The van der Waals surface area contributed by atoms with Crippen LogP contribution in [0.2, 0.25) is 0 Å². The normalized spacial score (nSPS) is 9.92. The van der Waals surface area contributed by atoms with Gasteiger partial charge in [0.1, 0.15) is 0 Å². The van der Waals surface area contributed by atoms with Gasteiger partial charge in [0, 0.05) is 24.6 Å². The van der Waals surface area contributed by atoms with Gasteiger partial charge in [0.2, 0.25) is 0 Å². The van der Waals surface area contributed by atoms with E-state index < -0.39 is 11.8 Å². The first-order chi connectivity index (χ1) is 11.6. The molecule has 0 aliphatic carbocycles. The summed E-state index contributed by atoms with van der Waals surface area (Å²) in [5.74, 6) is -0.139. The Morgan fingerprint density at radius 2 is 1.71 bits per heavy atom. The van der Waals surface area contributed by atoms with Crippen LogP contribution in [0.4, 0.5) is 5.69 Å². The van der Waals surface area contributed by atoms with Crippen molar-refractivity contribution in [1.29, 1.82) is 0 Å². The number of rotatable bonds is 6. The molecule has 0 unspecified atom stereocenters. The smallest absolute Gasteiger partial charge is 0.313 e. The fraction of sp³-hybridized carbons (Fsp3) is 0.235. The zero-order chi connectivity index (χ0) is 17.4. The SMILES string of the molecule is COc1ccc(CCNC(=O)C(=O)Nc2ccncc2)cc1OC. The molecule has 0 fully saturated rings. The predicted molar refractivity (Wildman–Crippen MR) is 89.1 cm³/mol. The molecule has 2 amide bonds. The van der Waals surface area contributed by atoms with E-state index >= 15 is 0 Å². The summed E-state index contributed by atoms with van der Waals surface area (Å²) in [7, 11) is 3.13. The van der Waals surface area contributed by atoms with Gasteiger partial charge in [-0.1, -0.05) is 6.07 Å². The summed E-state index contributed by atoms with van der Waals surface area (Å²) < 4.78 is 10.4. The molecule has 0 atom stereocenters. The third-order valence-corrected chi connectivity index (χ3v) is 3.29. The molecule has 0 aliphatic rings. The largest absolute Gasteiger partial charge is 0.493 e. The van der Waals surface area contributed by atoms with Crippen LogP contribution in [0.1, 0.15) is 5.56 Å². The number of amides is 2. The number of ether oxygens (including phenoxy) is 2. The van der Waals surface area contributed by atoms with Crippen LogP contribution in [0.5, 0.6) is 11.5 Å². The van der Waals surface area contributed by atoms with E-state index in [1.165, 1.54) is 12.4 Å². The molecule has 0 aliphatic heterocycles. The van der Waals surface area contributed by atoms with Crippen molar-refractivity contribution in [2.45, 2.75) is 6.42 Å². The molecule has 0 spiro atoms. The Morgan fingerprint density at radius 1 is 1.00 bits per heavy atom. The van der Waals surface area contributed by atoms with Gasteiger partial charge in [0.05, 0.1) is 14.2 Å². The van der Waals surface area contributed by atoms with E-state index in [0.717, 1.165) is 5.56 Å². The third-order valence-electron chi connectivity index (χ3n) is 3.29. The summed E-state index contributed by atoms with van der Waals surface area (Å²) >= 11 is 0. The number of benzene rings is 1. The molecule has 1 aromatic heterocycles. The first-order valence-corrected chi connectivity index (χ1v) is 7.34. The van der Waals surface area contributed by atoms with Gasteiger partial charge < -0.3 is 20.1 Å². The van der Waals surface area contributed by atoms with E-state index in [2.05, 4.69) is 15.6 Å². The molecule has 126 valence electrons. The van der Waals surface area contributed by atoms with Crippen molar-refractivity contribution in [2.75, 3.05) is 26.1 Å². The molecule has 0 radical (unpaired) electrons. The van der Waals surface area contributed by atoms with Crippen LogP contribution in [-0.4, -0.2) is 37.6 Å². The fourth-order valence-electron chi connectivity index (χ4n) is 2.06. The van der Waals surface area contributed by atoms with Crippen molar-refractivity contribution in [3.8, 4) is 11.5 Å². The van der Waals surface area contributed by atoms with Crippen LogP contribution in [0, 0.1) is 0 Å². The second kappa shape index (κ2) is 8.52. The lowest BCUT2D eigenvalue weighted by molar-refractivity contribution is -0.136. The van der Waals surface area contributed by atoms with Crippen LogP contribution >= 0.6 is 0 Å². The Bertz CT molecular complexity index is 704. The highest BCUT2D eigenvalue weighted by Gasteiger charge is 2.13. The van der Waals surface area contributed by atoms with E-state index in [9.17, 15) is 9.59 Å². The minimum absolute atomic E-state index is 0.331. The highest BCUT2D eigenvalue weighted by atomic mass is 16.5. The fourth-order valence-corrected chi connectivity index (χ4v) is 2.06. The number of aromatic nitrogens is 1. The maximum Gasteiger partial charge on any atom is 0.313 e. The van der Waals surface area contributed by atoms with Gasteiger partial charge in [0.25, 0.3) is 0 Å². The van der Waals surface area contributed by atoms with Crippen LogP contribution in [0.3, 0.4) is 0 Å². The van der Waals surface area contributed by atoms with Crippen LogP contribution < -0.4 is 20.1 Å². The minimum atomic E-state index is -0.714. The Balaban J connectivity index is 1.83. The lowest BCUT2D eigenvalue weighted by atomic mass is 10.1. The molecular formula is C17H19N3O4. The quantitative estimate of drug-likeness (QED) is 0.782. The average molecular weight is 329 g/mol. The Kier molecular flexibility index (Phi) is 6.13. The zero-order valence-electron chi connectivity index (χ0n) is 13.5. The van der Waals surface area contributed by atoms with Crippen LogP contribution in [0.25, 0.3) is 0 Å². The molecule has 7 heteroatoms. The number of pyridine rings is 1. The highest BCUT2D eigenvalue weighted by molar-refractivity contribution is 6.39. The summed E-state index contributed by atoms with van der Waals surface area (Å²) in [6, 6.07) is 8.72. The third kappa shape index (κ3) is 4.70. The number of hydrogen-bond donors (Lipinski definition) is 2. The number of methoxy groups -OCH3 is 2. The first kappa shape index (κ1) is 17.3. The molecule has 0 saturated heterocycles. The standard InChI is InChI=1S/C17H19N3O4/c1-23-14-4-3-12(11-15(14)24-2)5-10-19-16(21)17(22)20-13-6-8-18-9-7-13/h3-4,6-9,11H,5,10H2,1-2H3,(H,19,21)(H,18,20,22). The molecule has 2 aromatic rings. The zero-order valence-corrected chi connectivity index (χ0v) is 13.5. The monoisotopic (exact) mass is 329 g/mol. The van der Waals surface area contributed by atoms with Gasteiger partial charge in [-0.2, -0.15) is 0 Å². The van der Waals surface area contributed by atoms with Gasteiger partial charge >= 0.3 is 11.8 Å².